The maximum absolute atomic E-state index is 12.5. The quantitative estimate of drug-likeness (QED) is 0.487. The first-order chi connectivity index (χ1) is 13.1. The summed E-state index contributed by atoms with van der Waals surface area (Å²) in [5, 5.41) is 0. The molecule has 1 aliphatic rings. The fourth-order valence-electron chi connectivity index (χ4n) is 3.20. The van der Waals surface area contributed by atoms with Crippen molar-refractivity contribution in [2.45, 2.75) is 13.5 Å². The Labute approximate surface area is 157 Å². The van der Waals surface area contributed by atoms with Crippen molar-refractivity contribution in [3.8, 4) is 5.75 Å². The highest BCUT2D eigenvalue weighted by Gasteiger charge is 2.32. The van der Waals surface area contributed by atoms with Crippen molar-refractivity contribution in [1.82, 2.24) is 0 Å². The summed E-state index contributed by atoms with van der Waals surface area (Å²) in [6, 6.07) is 22.5. The zero-order valence-corrected chi connectivity index (χ0v) is 14.9. The number of aryl methyl sites for hydroxylation is 1. The van der Waals surface area contributed by atoms with Crippen LogP contribution < -0.4 is 4.74 Å². The number of ketones is 2. The summed E-state index contributed by atoms with van der Waals surface area (Å²) in [4.78, 5) is 24.9. The van der Waals surface area contributed by atoms with Gasteiger partial charge < -0.3 is 4.74 Å². The molecule has 0 radical (unpaired) electrons. The fourth-order valence-corrected chi connectivity index (χ4v) is 3.20. The lowest BCUT2D eigenvalue weighted by Crippen LogP contribution is -2.00. The summed E-state index contributed by atoms with van der Waals surface area (Å²) in [5.41, 5.74) is 4.27. The van der Waals surface area contributed by atoms with Crippen LogP contribution >= 0.6 is 0 Å². The lowest BCUT2D eigenvalue weighted by molar-refractivity contribution is 0.0990. The smallest absolute Gasteiger partial charge is 0.197 e. The molecule has 0 atom stereocenters. The summed E-state index contributed by atoms with van der Waals surface area (Å²) in [7, 11) is 0. The minimum Gasteiger partial charge on any atom is -0.489 e. The summed E-state index contributed by atoms with van der Waals surface area (Å²) in [6.45, 7) is 2.55. The van der Waals surface area contributed by atoms with E-state index < -0.39 is 0 Å². The maximum Gasteiger partial charge on any atom is 0.197 e. The predicted octanol–water partition coefficient (Wildman–Crippen LogP) is 5.04. The Bertz CT molecular complexity index is 1020. The Hall–Kier alpha value is -3.46. The van der Waals surface area contributed by atoms with Crippen LogP contribution in [0.3, 0.4) is 0 Å². The van der Waals surface area contributed by atoms with Crippen molar-refractivity contribution in [2.24, 2.45) is 0 Å². The molecule has 3 aromatic rings. The van der Waals surface area contributed by atoms with E-state index in [9.17, 15) is 9.59 Å². The largest absolute Gasteiger partial charge is 0.489 e. The average molecular weight is 354 g/mol. The third-order valence-corrected chi connectivity index (χ3v) is 4.58. The van der Waals surface area contributed by atoms with Gasteiger partial charge in [0.15, 0.2) is 11.6 Å². The molecule has 1 aliphatic carbocycles. The monoisotopic (exact) mass is 354 g/mol. The van der Waals surface area contributed by atoms with Gasteiger partial charge in [0.2, 0.25) is 0 Å². The predicted molar refractivity (Wildman–Crippen MR) is 105 cm³/mol. The van der Waals surface area contributed by atoms with Gasteiger partial charge in [0.25, 0.3) is 0 Å². The van der Waals surface area contributed by atoms with Crippen LogP contribution in [0.1, 0.15) is 37.4 Å². The van der Waals surface area contributed by atoms with E-state index in [1.54, 1.807) is 30.3 Å². The SMILES string of the molecule is Cc1cccc(COc2ccc(C=C3C(=O)c4ccccc4C3=O)cc2)c1. The van der Waals surface area contributed by atoms with Crippen LogP contribution in [0, 0.1) is 6.92 Å². The lowest BCUT2D eigenvalue weighted by Gasteiger charge is -2.07. The van der Waals surface area contributed by atoms with Crippen molar-refractivity contribution in [3.63, 3.8) is 0 Å². The summed E-state index contributed by atoms with van der Waals surface area (Å²) in [6.07, 6.45) is 1.65. The molecule has 0 aromatic heterocycles. The second-order valence-electron chi connectivity index (χ2n) is 6.61. The first-order valence-electron chi connectivity index (χ1n) is 8.80. The van der Waals surface area contributed by atoms with Crippen molar-refractivity contribution >= 4 is 17.6 Å². The van der Waals surface area contributed by atoms with Crippen LogP contribution in [-0.4, -0.2) is 11.6 Å². The Morgan fingerprint density at radius 3 is 2.11 bits per heavy atom. The van der Waals surface area contributed by atoms with Gasteiger partial charge in [0, 0.05) is 11.1 Å². The van der Waals surface area contributed by atoms with E-state index in [1.165, 1.54) is 5.56 Å². The number of allylic oxidation sites excluding steroid dienone is 1. The molecular formula is C24H18O3. The third kappa shape index (κ3) is 3.44. The Morgan fingerprint density at radius 1 is 0.815 bits per heavy atom. The van der Waals surface area contributed by atoms with Gasteiger partial charge in [0.1, 0.15) is 12.4 Å². The molecular weight excluding hydrogens is 336 g/mol. The number of Topliss-reactive ketones (excluding diaryl/α,β-unsaturated/α-hetero) is 2. The first kappa shape index (κ1) is 17.0. The molecule has 132 valence electrons. The number of carbonyl (C=O) groups excluding carboxylic acids is 2. The van der Waals surface area contributed by atoms with E-state index in [0.29, 0.717) is 17.7 Å². The van der Waals surface area contributed by atoms with Gasteiger partial charge in [-0.2, -0.15) is 0 Å². The molecule has 0 bridgehead atoms. The standard InChI is InChI=1S/C24H18O3/c1-16-5-4-6-18(13-16)15-27-19-11-9-17(10-12-19)14-22-23(25)20-7-2-3-8-21(20)24(22)26/h2-14H,15H2,1H3. The molecule has 27 heavy (non-hydrogen) atoms. The molecule has 0 saturated carbocycles. The molecule has 0 saturated heterocycles. The molecule has 0 spiro atoms. The molecule has 0 aliphatic heterocycles. The number of benzene rings is 3. The topological polar surface area (TPSA) is 43.4 Å². The van der Waals surface area contributed by atoms with E-state index >= 15 is 0 Å². The summed E-state index contributed by atoms with van der Waals surface area (Å²) in [5.74, 6) is 0.316. The molecule has 3 heteroatoms. The summed E-state index contributed by atoms with van der Waals surface area (Å²) < 4.78 is 5.81. The average Bonchev–Trinajstić information content (AvgIpc) is 2.93. The zero-order chi connectivity index (χ0) is 18.8. The molecule has 3 aromatic carbocycles. The van der Waals surface area contributed by atoms with Gasteiger partial charge in [-0.15, -0.1) is 0 Å². The molecule has 0 unspecified atom stereocenters. The van der Waals surface area contributed by atoms with Crippen LogP contribution in [0.2, 0.25) is 0 Å². The van der Waals surface area contributed by atoms with E-state index in [4.69, 9.17) is 4.74 Å². The number of ether oxygens (including phenoxy) is 1. The Kier molecular flexibility index (Phi) is 4.43. The van der Waals surface area contributed by atoms with Gasteiger partial charge >= 0.3 is 0 Å². The van der Waals surface area contributed by atoms with E-state index in [0.717, 1.165) is 16.9 Å². The number of carbonyl (C=O) groups is 2. The molecule has 0 N–H and O–H groups in total. The molecule has 0 fully saturated rings. The van der Waals surface area contributed by atoms with Crippen molar-refractivity contribution < 1.29 is 14.3 Å². The van der Waals surface area contributed by atoms with Gasteiger partial charge in [-0.3, -0.25) is 9.59 Å². The highest BCUT2D eigenvalue weighted by atomic mass is 16.5. The Morgan fingerprint density at radius 2 is 1.48 bits per heavy atom. The van der Waals surface area contributed by atoms with E-state index in [2.05, 4.69) is 19.1 Å². The number of fused-ring (bicyclic) bond motifs is 1. The van der Waals surface area contributed by atoms with Crippen molar-refractivity contribution in [1.29, 1.82) is 0 Å². The summed E-state index contributed by atoms with van der Waals surface area (Å²) >= 11 is 0. The minimum atomic E-state index is -0.213. The van der Waals surface area contributed by atoms with Crippen molar-refractivity contribution in [3.05, 3.63) is 106 Å². The highest BCUT2D eigenvalue weighted by Crippen LogP contribution is 2.28. The van der Waals surface area contributed by atoms with Crippen molar-refractivity contribution in [2.75, 3.05) is 0 Å². The number of rotatable bonds is 4. The third-order valence-electron chi connectivity index (χ3n) is 4.58. The van der Waals surface area contributed by atoms with Crippen LogP contribution in [0.15, 0.2) is 78.4 Å². The lowest BCUT2D eigenvalue weighted by atomic mass is 10.1. The van der Waals surface area contributed by atoms with Crippen LogP contribution in [0.4, 0.5) is 0 Å². The van der Waals surface area contributed by atoms with Gasteiger partial charge in [-0.25, -0.2) is 0 Å². The number of hydrogen-bond acceptors (Lipinski definition) is 3. The van der Waals surface area contributed by atoms with Gasteiger partial charge in [-0.1, -0.05) is 66.2 Å². The molecule has 4 rings (SSSR count). The van der Waals surface area contributed by atoms with E-state index in [1.807, 2.05) is 36.4 Å². The van der Waals surface area contributed by atoms with Crippen LogP contribution in [0.25, 0.3) is 6.08 Å². The second-order valence-corrected chi connectivity index (χ2v) is 6.61. The highest BCUT2D eigenvalue weighted by molar-refractivity contribution is 6.41. The number of hydrogen-bond donors (Lipinski definition) is 0. The van der Waals surface area contributed by atoms with E-state index in [-0.39, 0.29) is 17.1 Å². The van der Waals surface area contributed by atoms with Crippen LogP contribution in [0.5, 0.6) is 5.75 Å². The maximum atomic E-state index is 12.5. The molecule has 3 nitrogen and oxygen atoms in total. The zero-order valence-electron chi connectivity index (χ0n) is 14.9. The Balaban J connectivity index is 1.49. The second kappa shape index (κ2) is 7.04. The van der Waals surface area contributed by atoms with Gasteiger partial charge in [-0.05, 0) is 36.3 Å². The molecule has 0 heterocycles. The first-order valence-corrected chi connectivity index (χ1v) is 8.80. The normalized spacial score (nSPS) is 12.9. The fraction of sp³-hybridized carbons (Fsp3) is 0.0833. The van der Waals surface area contributed by atoms with Crippen LogP contribution in [-0.2, 0) is 6.61 Å². The molecule has 0 amide bonds. The van der Waals surface area contributed by atoms with Gasteiger partial charge in [0.05, 0.1) is 5.57 Å². The minimum absolute atomic E-state index is 0.213.